The van der Waals surface area contributed by atoms with E-state index in [0.29, 0.717) is 12.6 Å². The van der Waals surface area contributed by atoms with Crippen molar-refractivity contribution < 1.29 is 4.79 Å². The molecule has 1 aliphatic carbocycles. The van der Waals surface area contributed by atoms with Gasteiger partial charge in [-0.3, -0.25) is 0 Å². The standard InChI is InChI=1S/C10H15N3OS/c1-7-12-9(6-15-7)4-5-11-10(14)13-8-2-3-8/h6,8H,2-5H2,1H3,(H2,11,13,14). The zero-order valence-electron chi connectivity index (χ0n) is 8.75. The van der Waals surface area contributed by atoms with E-state index < -0.39 is 0 Å². The molecule has 82 valence electrons. The van der Waals surface area contributed by atoms with Crippen LogP contribution in [0.15, 0.2) is 5.38 Å². The van der Waals surface area contributed by atoms with Crippen LogP contribution in [0.4, 0.5) is 4.79 Å². The van der Waals surface area contributed by atoms with Crippen molar-refractivity contribution in [2.45, 2.75) is 32.2 Å². The number of hydrogen-bond donors (Lipinski definition) is 2. The molecule has 1 aromatic rings. The maximum absolute atomic E-state index is 11.2. The third-order valence-corrected chi connectivity index (χ3v) is 3.07. The highest BCUT2D eigenvalue weighted by Gasteiger charge is 2.22. The minimum absolute atomic E-state index is 0.0514. The molecule has 1 aliphatic rings. The Morgan fingerprint density at radius 2 is 2.47 bits per heavy atom. The van der Waals surface area contributed by atoms with Crippen molar-refractivity contribution in [2.24, 2.45) is 0 Å². The number of urea groups is 1. The van der Waals surface area contributed by atoms with Gasteiger partial charge in [0.2, 0.25) is 0 Å². The number of hydrogen-bond acceptors (Lipinski definition) is 3. The van der Waals surface area contributed by atoms with Gasteiger partial charge in [-0.15, -0.1) is 11.3 Å². The molecule has 2 rings (SSSR count). The smallest absolute Gasteiger partial charge is 0.315 e. The fraction of sp³-hybridized carbons (Fsp3) is 0.600. The van der Waals surface area contributed by atoms with Crippen LogP contribution < -0.4 is 10.6 Å². The Balaban J connectivity index is 1.63. The van der Waals surface area contributed by atoms with E-state index in [-0.39, 0.29) is 6.03 Å². The topological polar surface area (TPSA) is 54.0 Å². The molecule has 0 atom stereocenters. The third kappa shape index (κ3) is 3.51. The van der Waals surface area contributed by atoms with Crippen molar-refractivity contribution in [3.05, 3.63) is 16.1 Å². The summed E-state index contributed by atoms with van der Waals surface area (Å²) in [7, 11) is 0. The molecule has 0 unspecified atom stereocenters. The monoisotopic (exact) mass is 225 g/mol. The number of amides is 2. The number of nitrogens with zero attached hydrogens (tertiary/aromatic N) is 1. The van der Waals surface area contributed by atoms with Gasteiger partial charge in [0.05, 0.1) is 10.7 Å². The molecule has 15 heavy (non-hydrogen) atoms. The first-order valence-electron chi connectivity index (χ1n) is 5.19. The van der Waals surface area contributed by atoms with Crippen molar-refractivity contribution >= 4 is 17.4 Å². The van der Waals surface area contributed by atoms with Crippen LogP contribution in [0.1, 0.15) is 23.5 Å². The molecule has 0 aromatic carbocycles. The Morgan fingerprint density at radius 1 is 1.67 bits per heavy atom. The lowest BCUT2D eigenvalue weighted by Gasteiger charge is -2.04. The molecule has 1 heterocycles. The largest absolute Gasteiger partial charge is 0.338 e. The highest BCUT2D eigenvalue weighted by molar-refractivity contribution is 7.09. The Labute approximate surface area is 93.1 Å². The van der Waals surface area contributed by atoms with Crippen molar-refractivity contribution in [3.63, 3.8) is 0 Å². The van der Waals surface area contributed by atoms with Gasteiger partial charge in [-0.1, -0.05) is 0 Å². The van der Waals surface area contributed by atoms with E-state index in [0.717, 1.165) is 30.0 Å². The van der Waals surface area contributed by atoms with Crippen molar-refractivity contribution in [1.29, 1.82) is 0 Å². The fourth-order valence-corrected chi connectivity index (χ4v) is 1.94. The van der Waals surface area contributed by atoms with Gasteiger partial charge in [0, 0.05) is 24.4 Å². The highest BCUT2D eigenvalue weighted by Crippen LogP contribution is 2.18. The van der Waals surface area contributed by atoms with Crippen LogP contribution in [0, 0.1) is 6.92 Å². The first-order valence-corrected chi connectivity index (χ1v) is 6.07. The van der Waals surface area contributed by atoms with Crippen LogP contribution in [0.3, 0.4) is 0 Å². The van der Waals surface area contributed by atoms with Crippen molar-refractivity contribution in [2.75, 3.05) is 6.54 Å². The third-order valence-electron chi connectivity index (χ3n) is 2.25. The van der Waals surface area contributed by atoms with Crippen molar-refractivity contribution in [1.82, 2.24) is 15.6 Å². The number of nitrogens with one attached hydrogen (secondary N) is 2. The van der Waals surface area contributed by atoms with Crippen molar-refractivity contribution in [3.8, 4) is 0 Å². The summed E-state index contributed by atoms with van der Waals surface area (Å²) in [4.78, 5) is 15.6. The molecule has 0 aliphatic heterocycles. The van der Waals surface area contributed by atoms with E-state index in [2.05, 4.69) is 15.6 Å². The second-order valence-electron chi connectivity index (χ2n) is 3.78. The normalized spacial score (nSPS) is 15.0. The number of rotatable bonds is 4. The second-order valence-corrected chi connectivity index (χ2v) is 4.84. The average Bonchev–Trinajstić information content (AvgIpc) is 2.89. The van der Waals surface area contributed by atoms with Crippen LogP contribution >= 0.6 is 11.3 Å². The number of carbonyl (C=O) groups is 1. The fourth-order valence-electron chi connectivity index (χ4n) is 1.29. The lowest BCUT2D eigenvalue weighted by Crippen LogP contribution is -2.37. The second kappa shape index (κ2) is 4.61. The molecule has 0 bridgehead atoms. The molecule has 1 fully saturated rings. The molecule has 2 amide bonds. The maximum atomic E-state index is 11.2. The molecule has 2 N–H and O–H groups in total. The van der Waals surface area contributed by atoms with Gasteiger partial charge in [0.15, 0.2) is 0 Å². The number of carbonyl (C=O) groups excluding carboxylic acids is 1. The van der Waals surface area contributed by atoms with E-state index in [1.54, 1.807) is 11.3 Å². The molecule has 1 aromatic heterocycles. The van der Waals surface area contributed by atoms with Gasteiger partial charge in [-0.05, 0) is 19.8 Å². The molecular formula is C10H15N3OS. The molecule has 0 saturated heterocycles. The number of aromatic nitrogens is 1. The molecular weight excluding hydrogens is 210 g/mol. The average molecular weight is 225 g/mol. The summed E-state index contributed by atoms with van der Waals surface area (Å²) in [5.74, 6) is 0. The van der Waals surface area contributed by atoms with Crippen LogP contribution in [0.25, 0.3) is 0 Å². The minimum Gasteiger partial charge on any atom is -0.338 e. The Kier molecular flexibility index (Phi) is 3.20. The van der Waals surface area contributed by atoms with Crippen LogP contribution in [0.5, 0.6) is 0 Å². The Hall–Kier alpha value is -1.10. The predicted octanol–water partition coefficient (Wildman–Crippen LogP) is 1.46. The van der Waals surface area contributed by atoms with Crippen LogP contribution in [-0.2, 0) is 6.42 Å². The summed E-state index contributed by atoms with van der Waals surface area (Å²) in [6.45, 7) is 2.64. The quantitative estimate of drug-likeness (QED) is 0.815. The highest BCUT2D eigenvalue weighted by atomic mass is 32.1. The Morgan fingerprint density at radius 3 is 3.07 bits per heavy atom. The lowest BCUT2D eigenvalue weighted by atomic mass is 10.3. The van der Waals surface area contributed by atoms with E-state index in [1.807, 2.05) is 12.3 Å². The minimum atomic E-state index is -0.0514. The number of aryl methyl sites for hydroxylation is 1. The maximum Gasteiger partial charge on any atom is 0.315 e. The lowest BCUT2D eigenvalue weighted by molar-refractivity contribution is 0.240. The SMILES string of the molecule is Cc1nc(CCNC(=O)NC2CC2)cs1. The summed E-state index contributed by atoms with van der Waals surface area (Å²) in [6.07, 6.45) is 3.06. The predicted molar refractivity (Wildman–Crippen MR) is 60.1 cm³/mol. The van der Waals surface area contributed by atoms with Gasteiger partial charge >= 0.3 is 6.03 Å². The van der Waals surface area contributed by atoms with Crippen LogP contribution in [0.2, 0.25) is 0 Å². The van der Waals surface area contributed by atoms with Gasteiger partial charge in [-0.25, -0.2) is 9.78 Å². The first kappa shape index (κ1) is 10.4. The summed E-state index contributed by atoms with van der Waals surface area (Å²) < 4.78 is 0. The zero-order valence-corrected chi connectivity index (χ0v) is 9.56. The van der Waals surface area contributed by atoms with E-state index in [1.165, 1.54) is 0 Å². The molecule has 1 saturated carbocycles. The van der Waals surface area contributed by atoms with E-state index in [9.17, 15) is 4.79 Å². The molecule has 0 spiro atoms. The molecule has 4 nitrogen and oxygen atoms in total. The van der Waals surface area contributed by atoms with E-state index in [4.69, 9.17) is 0 Å². The zero-order chi connectivity index (χ0) is 10.7. The van der Waals surface area contributed by atoms with Crippen LogP contribution in [-0.4, -0.2) is 23.6 Å². The molecule has 0 radical (unpaired) electrons. The molecule has 5 heteroatoms. The Bertz CT molecular complexity index is 346. The summed E-state index contributed by atoms with van der Waals surface area (Å²) >= 11 is 1.64. The summed E-state index contributed by atoms with van der Waals surface area (Å²) in [6, 6.07) is 0.371. The van der Waals surface area contributed by atoms with Gasteiger partial charge < -0.3 is 10.6 Å². The van der Waals surface area contributed by atoms with Gasteiger partial charge in [0.1, 0.15) is 0 Å². The summed E-state index contributed by atoms with van der Waals surface area (Å²) in [5.41, 5.74) is 1.06. The van der Waals surface area contributed by atoms with Gasteiger partial charge in [0.25, 0.3) is 0 Å². The van der Waals surface area contributed by atoms with E-state index >= 15 is 0 Å². The summed E-state index contributed by atoms with van der Waals surface area (Å²) in [5, 5.41) is 8.82. The van der Waals surface area contributed by atoms with Gasteiger partial charge in [-0.2, -0.15) is 0 Å². The first-order chi connectivity index (χ1) is 7.24. The number of thiazole rings is 1.